The topological polar surface area (TPSA) is 56.8 Å². The molecule has 0 bridgehead atoms. The smallest absolute Gasteiger partial charge is 0.223 e. The van der Waals surface area contributed by atoms with E-state index in [1.54, 1.807) is 27.4 Å². The molecule has 5 nitrogen and oxygen atoms in total. The molecule has 0 saturated heterocycles. The van der Waals surface area contributed by atoms with Gasteiger partial charge in [-0.3, -0.25) is 4.79 Å². The second-order valence-electron chi connectivity index (χ2n) is 5.06. The average Bonchev–Trinajstić information content (AvgIpc) is 3.20. The SMILES string of the molecule is COc1cc(OC)c(OC)cc1CNC(=O)C1CC1C. The van der Waals surface area contributed by atoms with Gasteiger partial charge in [-0.2, -0.15) is 0 Å². The van der Waals surface area contributed by atoms with Gasteiger partial charge in [0.2, 0.25) is 5.91 Å². The van der Waals surface area contributed by atoms with E-state index in [0.29, 0.717) is 29.7 Å². The van der Waals surface area contributed by atoms with Crippen molar-refractivity contribution in [1.82, 2.24) is 5.32 Å². The summed E-state index contributed by atoms with van der Waals surface area (Å²) < 4.78 is 15.8. The molecule has 1 amide bonds. The lowest BCUT2D eigenvalue weighted by Gasteiger charge is -2.14. The molecular formula is C15H21NO4. The van der Waals surface area contributed by atoms with E-state index < -0.39 is 0 Å². The van der Waals surface area contributed by atoms with Gasteiger partial charge in [-0.1, -0.05) is 6.92 Å². The molecule has 1 aliphatic rings. The minimum atomic E-state index is 0.106. The number of carbonyl (C=O) groups excluding carboxylic acids is 1. The zero-order valence-electron chi connectivity index (χ0n) is 12.4. The molecule has 2 unspecified atom stereocenters. The van der Waals surface area contributed by atoms with Crippen molar-refractivity contribution in [1.29, 1.82) is 0 Å². The van der Waals surface area contributed by atoms with Gasteiger partial charge < -0.3 is 19.5 Å². The Kier molecular flexibility index (Phi) is 4.37. The van der Waals surface area contributed by atoms with Crippen LogP contribution in [0.1, 0.15) is 18.9 Å². The van der Waals surface area contributed by atoms with Gasteiger partial charge in [0, 0.05) is 24.1 Å². The van der Waals surface area contributed by atoms with Gasteiger partial charge in [0.1, 0.15) is 5.75 Å². The molecule has 1 saturated carbocycles. The van der Waals surface area contributed by atoms with E-state index in [2.05, 4.69) is 12.2 Å². The molecule has 2 atom stereocenters. The zero-order valence-corrected chi connectivity index (χ0v) is 12.4. The summed E-state index contributed by atoms with van der Waals surface area (Å²) in [4.78, 5) is 11.9. The van der Waals surface area contributed by atoms with Crippen molar-refractivity contribution < 1.29 is 19.0 Å². The third kappa shape index (κ3) is 2.98. The minimum Gasteiger partial charge on any atom is -0.496 e. The highest BCUT2D eigenvalue weighted by molar-refractivity contribution is 5.81. The number of hydrogen-bond acceptors (Lipinski definition) is 4. The Balaban J connectivity index is 2.11. The molecule has 1 aliphatic carbocycles. The Labute approximate surface area is 119 Å². The Hall–Kier alpha value is -1.91. The van der Waals surface area contributed by atoms with Gasteiger partial charge >= 0.3 is 0 Å². The number of ether oxygens (including phenoxy) is 3. The molecule has 0 aromatic heterocycles. The highest BCUT2D eigenvalue weighted by atomic mass is 16.5. The molecule has 1 aromatic rings. The van der Waals surface area contributed by atoms with Crippen LogP contribution in [0.3, 0.4) is 0 Å². The van der Waals surface area contributed by atoms with E-state index in [1.807, 2.05) is 6.07 Å². The molecule has 110 valence electrons. The second-order valence-corrected chi connectivity index (χ2v) is 5.06. The number of hydrogen-bond donors (Lipinski definition) is 1. The van der Waals surface area contributed by atoms with E-state index in [1.165, 1.54) is 0 Å². The van der Waals surface area contributed by atoms with Gasteiger partial charge in [0.05, 0.1) is 21.3 Å². The highest BCUT2D eigenvalue weighted by Crippen LogP contribution is 2.38. The van der Waals surface area contributed by atoms with E-state index in [-0.39, 0.29) is 11.8 Å². The number of rotatable bonds is 6. The molecule has 0 spiro atoms. The van der Waals surface area contributed by atoms with Crippen molar-refractivity contribution in [2.24, 2.45) is 11.8 Å². The highest BCUT2D eigenvalue weighted by Gasteiger charge is 2.38. The summed E-state index contributed by atoms with van der Waals surface area (Å²) in [7, 11) is 4.75. The van der Waals surface area contributed by atoms with Crippen molar-refractivity contribution in [3.05, 3.63) is 17.7 Å². The Morgan fingerprint density at radius 3 is 2.20 bits per heavy atom. The number of amides is 1. The van der Waals surface area contributed by atoms with Gasteiger partial charge in [-0.05, 0) is 18.4 Å². The first-order valence-corrected chi connectivity index (χ1v) is 6.67. The van der Waals surface area contributed by atoms with Crippen LogP contribution in [0.4, 0.5) is 0 Å². The van der Waals surface area contributed by atoms with E-state index in [0.717, 1.165) is 12.0 Å². The van der Waals surface area contributed by atoms with Gasteiger partial charge in [-0.15, -0.1) is 0 Å². The first-order chi connectivity index (χ1) is 9.60. The molecule has 0 aliphatic heterocycles. The zero-order chi connectivity index (χ0) is 14.7. The number of carbonyl (C=O) groups is 1. The number of benzene rings is 1. The Morgan fingerprint density at radius 2 is 1.70 bits per heavy atom. The fraction of sp³-hybridized carbons (Fsp3) is 0.533. The summed E-state index contributed by atoms with van der Waals surface area (Å²) in [6.45, 7) is 2.51. The van der Waals surface area contributed by atoms with E-state index >= 15 is 0 Å². The summed E-state index contributed by atoms with van der Waals surface area (Å²) in [5.74, 6) is 2.68. The monoisotopic (exact) mass is 279 g/mol. The summed E-state index contributed by atoms with van der Waals surface area (Å²) in [5.41, 5.74) is 0.867. The van der Waals surface area contributed by atoms with Gasteiger partial charge in [0.25, 0.3) is 0 Å². The van der Waals surface area contributed by atoms with E-state index in [9.17, 15) is 4.79 Å². The average molecular weight is 279 g/mol. The fourth-order valence-corrected chi connectivity index (χ4v) is 2.23. The predicted molar refractivity (Wildman–Crippen MR) is 75.2 cm³/mol. The van der Waals surface area contributed by atoms with E-state index in [4.69, 9.17) is 14.2 Å². The largest absolute Gasteiger partial charge is 0.496 e. The van der Waals surface area contributed by atoms with Crippen LogP contribution in [0.5, 0.6) is 17.2 Å². The summed E-state index contributed by atoms with van der Waals surface area (Å²) in [5, 5.41) is 2.94. The lowest BCUT2D eigenvalue weighted by molar-refractivity contribution is -0.122. The lowest BCUT2D eigenvalue weighted by Crippen LogP contribution is -2.25. The fourth-order valence-electron chi connectivity index (χ4n) is 2.23. The molecule has 1 aromatic carbocycles. The number of nitrogens with one attached hydrogen (secondary N) is 1. The maximum Gasteiger partial charge on any atom is 0.223 e. The van der Waals surface area contributed by atoms with Crippen LogP contribution in [0.15, 0.2) is 12.1 Å². The summed E-state index contributed by atoms with van der Waals surface area (Å²) >= 11 is 0. The molecule has 5 heteroatoms. The van der Waals surface area contributed by atoms with Crippen LogP contribution in [0, 0.1) is 11.8 Å². The summed E-state index contributed by atoms with van der Waals surface area (Å²) in [6, 6.07) is 3.59. The number of methoxy groups -OCH3 is 3. The van der Waals surface area contributed by atoms with Crippen LogP contribution in [0.25, 0.3) is 0 Å². The molecular weight excluding hydrogens is 258 g/mol. The Bertz CT molecular complexity index is 501. The molecule has 1 N–H and O–H groups in total. The maximum absolute atomic E-state index is 11.9. The maximum atomic E-state index is 11.9. The molecule has 0 heterocycles. The molecule has 0 radical (unpaired) electrons. The molecule has 2 rings (SSSR count). The third-order valence-corrected chi connectivity index (χ3v) is 3.69. The third-order valence-electron chi connectivity index (χ3n) is 3.69. The van der Waals surface area contributed by atoms with Crippen LogP contribution < -0.4 is 19.5 Å². The normalized spacial score (nSPS) is 20.2. The van der Waals surface area contributed by atoms with Gasteiger partial charge in [-0.25, -0.2) is 0 Å². The molecule has 20 heavy (non-hydrogen) atoms. The summed E-state index contributed by atoms with van der Waals surface area (Å²) in [6.07, 6.45) is 0.981. The van der Waals surface area contributed by atoms with Gasteiger partial charge in [0.15, 0.2) is 11.5 Å². The minimum absolute atomic E-state index is 0.106. The first-order valence-electron chi connectivity index (χ1n) is 6.67. The second kappa shape index (κ2) is 6.03. The van der Waals surface area contributed by atoms with Crippen LogP contribution in [-0.2, 0) is 11.3 Å². The quantitative estimate of drug-likeness (QED) is 0.865. The lowest BCUT2D eigenvalue weighted by atomic mass is 10.1. The molecule has 1 fully saturated rings. The van der Waals surface area contributed by atoms with Crippen LogP contribution in [0.2, 0.25) is 0 Å². The first kappa shape index (κ1) is 14.5. The van der Waals surface area contributed by atoms with Crippen molar-refractivity contribution in [2.45, 2.75) is 19.9 Å². The predicted octanol–water partition coefficient (Wildman–Crippen LogP) is 1.98. The van der Waals surface area contributed by atoms with Crippen LogP contribution in [-0.4, -0.2) is 27.2 Å². The van der Waals surface area contributed by atoms with Crippen molar-refractivity contribution in [3.8, 4) is 17.2 Å². The van der Waals surface area contributed by atoms with Crippen molar-refractivity contribution in [3.63, 3.8) is 0 Å². The standard InChI is InChI=1S/C15H21NO4/c1-9-5-11(9)15(17)16-8-10-6-13(19-3)14(20-4)7-12(10)18-2/h6-7,9,11H,5,8H2,1-4H3,(H,16,17). The van der Waals surface area contributed by atoms with Crippen molar-refractivity contribution in [2.75, 3.05) is 21.3 Å². The van der Waals surface area contributed by atoms with Crippen LogP contribution >= 0.6 is 0 Å². The van der Waals surface area contributed by atoms with Crippen molar-refractivity contribution >= 4 is 5.91 Å². The Morgan fingerprint density at radius 1 is 1.15 bits per heavy atom.